The molecule has 2 saturated carbocycles. The van der Waals surface area contributed by atoms with E-state index in [9.17, 15) is 33.6 Å². The molecule has 1 saturated heterocycles. The molecule has 3 aliphatic rings. The van der Waals surface area contributed by atoms with Crippen LogP contribution in [0.4, 0.5) is 4.79 Å². The standard InChI is InChI=1S/C39H58N6O8/c1-9-13-27(32(47)35(49)40-19-28(46)42-30(36(50)44(7)8)23-14-11-10-12-15-23)41-34(48)31-29-25-17-16-24(18-25)26(29)20-45(31)37(51)33(39(4,5)6)43-38(52)53-21-22(2)3/h10-12,14-15,22,24-27,29-31,33H,9,13,16-21H2,1-8H3,(H,40,49)(H,41,48)(H,42,46)(H,43,52)/t24-,25+,26-,27-,29?,30?,31-,33+/m0/s1. The Hall–Kier alpha value is -4.49. The van der Waals surface area contributed by atoms with Crippen LogP contribution in [-0.2, 0) is 33.5 Å². The second-order valence-electron chi connectivity index (χ2n) is 16.5. The zero-order valence-electron chi connectivity index (χ0n) is 32.4. The minimum absolute atomic E-state index is 0.106. The molecule has 2 bridgehead atoms. The van der Waals surface area contributed by atoms with Crippen molar-refractivity contribution in [2.75, 3.05) is 33.8 Å². The summed E-state index contributed by atoms with van der Waals surface area (Å²) in [6, 6.07) is 4.61. The molecule has 14 heteroatoms. The summed E-state index contributed by atoms with van der Waals surface area (Å²) in [5.41, 5.74) is -0.155. The second-order valence-corrected chi connectivity index (χ2v) is 16.5. The van der Waals surface area contributed by atoms with Crippen LogP contribution in [0.1, 0.15) is 85.3 Å². The Morgan fingerprint density at radius 1 is 0.943 bits per heavy atom. The Labute approximate surface area is 312 Å². The van der Waals surface area contributed by atoms with Gasteiger partial charge in [0.2, 0.25) is 29.4 Å². The summed E-state index contributed by atoms with van der Waals surface area (Å²) in [4.78, 5) is 96.8. The lowest BCUT2D eigenvalue weighted by Gasteiger charge is -2.37. The van der Waals surface area contributed by atoms with E-state index in [1.807, 2.05) is 41.5 Å². The van der Waals surface area contributed by atoms with Crippen molar-refractivity contribution in [3.8, 4) is 0 Å². The number of hydrogen-bond acceptors (Lipinski definition) is 8. The van der Waals surface area contributed by atoms with Gasteiger partial charge in [0.1, 0.15) is 18.1 Å². The molecule has 1 aliphatic heterocycles. The molecule has 0 radical (unpaired) electrons. The Balaban J connectivity index is 1.47. The van der Waals surface area contributed by atoms with Crippen molar-refractivity contribution in [1.29, 1.82) is 0 Å². The van der Waals surface area contributed by atoms with Crippen LogP contribution in [0.2, 0.25) is 0 Å². The third-order valence-electron chi connectivity index (χ3n) is 10.7. The van der Waals surface area contributed by atoms with E-state index in [4.69, 9.17) is 4.74 Å². The van der Waals surface area contributed by atoms with Crippen LogP contribution in [0.15, 0.2) is 30.3 Å². The first kappa shape index (κ1) is 41.3. The molecule has 0 aromatic heterocycles. The van der Waals surface area contributed by atoms with Crippen molar-refractivity contribution in [2.24, 2.45) is 35.0 Å². The molecular weight excluding hydrogens is 680 g/mol. The van der Waals surface area contributed by atoms with Crippen molar-refractivity contribution in [1.82, 2.24) is 31.1 Å². The molecule has 1 heterocycles. The van der Waals surface area contributed by atoms with Gasteiger partial charge < -0.3 is 35.8 Å². The first-order valence-corrected chi connectivity index (χ1v) is 18.9. The molecule has 2 aliphatic carbocycles. The van der Waals surface area contributed by atoms with Crippen molar-refractivity contribution in [3.05, 3.63) is 35.9 Å². The number of carbonyl (C=O) groups excluding carboxylic acids is 7. The van der Waals surface area contributed by atoms with Crippen LogP contribution in [-0.4, -0.2) is 103 Å². The maximum atomic E-state index is 14.4. The number of likely N-dealkylation sites (N-methyl/N-ethyl adjacent to an activating group) is 1. The van der Waals surface area contributed by atoms with Gasteiger partial charge in [0.25, 0.3) is 5.91 Å². The number of alkyl carbamates (subject to hydrolysis) is 1. The quantitative estimate of drug-likeness (QED) is 0.198. The SMILES string of the molecule is CCC[C@H](NC(=O)[C@@H]1C2[C@@H]3CC[C@@H](C3)[C@@H]2CN1C(=O)[C@@H](NC(=O)OCC(C)C)C(C)(C)C)C(=O)C(=O)NCC(=O)NC(C(=O)N(C)C)c1ccccc1. The summed E-state index contributed by atoms with van der Waals surface area (Å²) >= 11 is 0. The molecule has 0 spiro atoms. The van der Waals surface area contributed by atoms with Gasteiger partial charge in [0.05, 0.1) is 19.2 Å². The summed E-state index contributed by atoms with van der Waals surface area (Å²) < 4.78 is 5.34. The van der Waals surface area contributed by atoms with E-state index in [2.05, 4.69) is 21.3 Å². The smallest absolute Gasteiger partial charge is 0.407 e. The molecule has 3 fully saturated rings. The third-order valence-corrected chi connectivity index (χ3v) is 10.7. The van der Waals surface area contributed by atoms with Crippen molar-refractivity contribution < 1.29 is 38.3 Å². The van der Waals surface area contributed by atoms with Gasteiger partial charge >= 0.3 is 6.09 Å². The van der Waals surface area contributed by atoms with Gasteiger partial charge in [-0.1, -0.05) is 78.3 Å². The minimum atomic E-state index is -1.19. The minimum Gasteiger partial charge on any atom is -0.449 e. The maximum absolute atomic E-state index is 14.4. The summed E-state index contributed by atoms with van der Waals surface area (Å²) in [7, 11) is 3.13. The molecule has 6 amide bonds. The highest BCUT2D eigenvalue weighted by molar-refractivity contribution is 6.38. The second kappa shape index (κ2) is 17.6. The first-order chi connectivity index (χ1) is 24.9. The van der Waals surface area contributed by atoms with E-state index in [0.29, 0.717) is 24.4 Å². The topological polar surface area (TPSA) is 183 Å². The van der Waals surface area contributed by atoms with Gasteiger partial charge in [-0.25, -0.2) is 4.79 Å². The largest absolute Gasteiger partial charge is 0.449 e. The fourth-order valence-corrected chi connectivity index (χ4v) is 8.15. The molecule has 14 nitrogen and oxygen atoms in total. The number of hydrogen-bond donors (Lipinski definition) is 4. The number of carbonyl (C=O) groups is 7. The summed E-state index contributed by atoms with van der Waals surface area (Å²) in [5.74, 6) is -3.18. The Morgan fingerprint density at radius 3 is 2.21 bits per heavy atom. The van der Waals surface area contributed by atoms with Crippen LogP contribution in [0.5, 0.6) is 0 Å². The molecule has 2 unspecified atom stereocenters. The molecule has 8 atom stereocenters. The lowest BCUT2D eigenvalue weighted by Crippen LogP contribution is -2.60. The third kappa shape index (κ3) is 9.94. The number of ketones is 1. The fourth-order valence-electron chi connectivity index (χ4n) is 8.15. The van der Waals surface area contributed by atoms with Gasteiger partial charge in [-0.3, -0.25) is 28.8 Å². The lowest BCUT2D eigenvalue weighted by molar-refractivity contribution is -0.145. The number of benzene rings is 1. The summed E-state index contributed by atoms with van der Waals surface area (Å²) in [6.45, 7) is 11.1. The fraction of sp³-hybridized carbons (Fsp3) is 0.667. The molecule has 4 rings (SSSR count). The van der Waals surface area contributed by atoms with E-state index in [0.717, 1.165) is 19.3 Å². The van der Waals surface area contributed by atoms with Crippen LogP contribution in [0.25, 0.3) is 0 Å². The number of amides is 6. The Kier molecular flexibility index (Phi) is 13.7. The predicted octanol–water partition coefficient (Wildman–Crippen LogP) is 2.57. The van der Waals surface area contributed by atoms with Crippen molar-refractivity contribution in [3.63, 3.8) is 0 Å². The number of ether oxygens (including phenoxy) is 1. The predicted molar refractivity (Wildman–Crippen MR) is 197 cm³/mol. The summed E-state index contributed by atoms with van der Waals surface area (Å²) in [5, 5.41) is 10.5. The van der Waals surface area contributed by atoms with E-state index >= 15 is 0 Å². The number of Topliss-reactive ketones (excluding diaryl/α,β-unsaturated/α-hetero) is 1. The molecular formula is C39H58N6O8. The number of nitrogens with zero attached hydrogens (tertiary/aromatic N) is 2. The van der Waals surface area contributed by atoms with Gasteiger partial charge in [-0.15, -0.1) is 0 Å². The van der Waals surface area contributed by atoms with Crippen LogP contribution >= 0.6 is 0 Å². The normalized spacial score (nSPS) is 23.3. The monoisotopic (exact) mass is 738 g/mol. The summed E-state index contributed by atoms with van der Waals surface area (Å²) in [6.07, 6.45) is 2.88. The van der Waals surface area contributed by atoms with E-state index in [-0.39, 0.29) is 42.6 Å². The van der Waals surface area contributed by atoms with Crippen LogP contribution in [0, 0.1) is 35.0 Å². The van der Waals surface area contributed by atoms with E-state index in [1.165, 1.54) is 4.90 Å². The van der Waals surface area contributed by atoms with Gasteiger partial charge in [0.15, 0.2) is 0 Å². The van der Waals surface area contributed by atoms with Gasteiger partial charge in [0, 0.05) is 20.6 Å². The van der Waals surface area contributed by atoms with Crippen LogP contribution in [0.3, 0.4) is 0 Å². The zero-order chi connectivity index (χ0) is 39.2. The average Bonchev–Trinajstić information content (AvgIpc) is 3.83. The van der Waals surface area contributed by atoms with E-state index in [1.54, 1.807) is 49.3 Å². The molecule has 53 heavy (non-hydrogen) atoms. The Bertz CT molecular complexity index is 1530. The number of rotatable bonds is 15. The number of nitrogens with one attached hydrogen (secondary N) is 4. The molecule has 1 aromatic carbocycles. The number of fused-ring (bicyclic) bond motifs is 5. The molecule has 1 aromatic rings. The zero-order valence-corrected chi connectivity index (χ0v) is 32.4. The highest BCUT2D eigenvalue weighted by atomic mass is 16.5. The van der Waals surface area contributed by atoms with Gasteiger partial charge in [-0.05, 0) is 66.3 Å². The van der Waals surface area contributed by atoms with Gasteiger partial charge in [-0.2, -0.15) is 0 Å². The number of likely N-dealkylation sites (tertiary alicyclic amines) is 1. The maximum Gasteiger partial charge on any atom is 0.407 e. The van der Waals surface area contributed by atoms with Crippen molar-refractivity contribution >= 4 is 41.4 Å². The Morgan fingerprint density at radius 2 is 1.60 bits per heavy atom. The molecule has 4 N–H and O–H groups in total. The lowest BCUT2D eigenvalue weighted by atomic mass is 9.78. The van der Waals surface area contributed by atoms with Crippen LogP contribution < -0.4 is 21.3 Å². The molecule has 292 valence electrons. The highest BCUT2D eigenvalue weighted by Gasteiger charge is 2.60. The highest BCUT2D eigenvalue weighted by Crippen LogP contribution is 2.57. The first-order valence-electron chi connectivity index (χ1n) is 18.9. The van der Waals surface area contributed by atoms with E-state index < -0.39 is 71.6 Å². The average molecular weight is 739 g/mol. The van der Waals surface area contributed by atoms with Crippen molar-refractivity contribution in [2.45, 2.75) is 97.8 Å².